The minimum atomic E-state index is 0.639. The Balaban J connectivity index is 0. The molecule has 0 aliphatic carbocycles. The minimum Gasteiger partial charge on any atom is -0.370 e. The van der Waals surface area contributed by atoms with E-state index in [9.17, 15) is 0 Å². The zero-order valence-corrected chi connectivity index (χ0v) is 5.97. The van der Waals surface area contributed by atoms with Crippen LogP contribution in [-0.2, 0) is 9.53 Å². The van der Waals surface area contributed by atoms with Crippen molar-refractivity contribution in [2.45, 2.75) is 0 Å². The van der Waals surface area contributed by atoms with Gasteiger partial charge in [0.05, 0.1) is 6.73 Å². The maximum atomic E-state index is 8.88. The zero-order valence-electron chi connectivity index (χ0n) is 5.97. The van der Waals surface area contributed by atoms with E-state index in [0.29, 0.717) is 6.73 Å². The van der Waals surface area contributed by atoms with Crippen LogP contribution in [0.25, 0.3) is 0 Å². The molecule has 0 aromatic heterocycles. The van der Waals surface area contributed by atoms with Gasteiger partial charge in [-0.15, -0.1) is 0 Å². The van der Waals surface area contributed by atoms with Crippen molar-refractivity contribution in [2.24, 2.45) is 4.99 Å². The Labute approximate surface area is 54.9 Å². The van der Waals surface area contributed by atoms with Crippen LogP contribution < -0.4 is 5.32 Å². The van der Waals surface area contributed by atoms with Crippen LogP contribution in [0.2, 0.25) is 0 Å². The van der Waals surface area contributed by atoms with Gasteiger partial charge in [-0.05, 0) is 7.05 Å². The average molecular weight is 132 g/mol. The van der Waals surface area contributed by atoms with Crippen molar-refractivity contribution in [2.75, 3.05) is 27.9 Å². The SMILES string of the molecule is CN=C=O.CNCOC. The molecule has 0 rings (SSSR count). The van der Waals surface area contributed by atoms with Gasteiger partial charge in [0, 0.05) is 14.2 Å². The highest BCUT2D eigenvalue weighted by Crippen LogP contribution is 1.48. The number of aliphatic imine (C=N–C) groups is 1. The molecular formula is C5H12N2O2. The van der Waals surface area contributed by atoms with E-state index in [1.165, 1.54) is 13.1 Å². The molecule has 0 aliphatic heterocycles. The topological polar surface area (TPSA) is 50.7 Å². The standard InChI is InChI=1S/C3H9NO.C2H3NO/c1-4-3-5-2;1-3-2-4/h4H,3H2,1-2H3;1H3. The summed E-state index contributed by atoms with van der Waals surface area (Å²) < 4.78 is 4.58. The van der Waals surface area contributed by atoms with Crippen LogP contribution in [0.1, 0.15) is 0 Å². The minimum absolute atomic E-state index is 0.639. The lowest BCUT2D eigenvalue weighted by atomic mass is 11.2. The predicted octanol–water partition coefficient (Wildman–Crippen LogP) is -0.238. The molecule has 0 saturated heterocycles. The number of rotatable bonds is 2. The fourth-order valence-corrected chi connectivity index (χ4v) is 0.144. The second kappa shape index (κ2) is 15.7. The summed E-state index contributed by atoms with van der Waals surface area (Å²) in [5, 5.41) is 2.80. The van der Waals surface area contributed by atoms with Crippen LogP contribution in [0.3, 0.4) is 0 Å². The maximum Gasteiger partial charge on any atom is 0.234 e. The summed E-state index contributed by atoms with van der Waals surface area (Å²) in [6.45, 7) is 0.639. The van der Waals surface area contributed by atoms with Gasteiger partial charge in [-0.1, -0.05) is 0 Å². The molecule has 0 radical (unpaired) electrons. The van der Waals surface area contributed by atoms with Crippen molar-refractivity contribution in [1.29, 1.82) is 0 Å². The van der Waals surface area contributed by atoms with E-state index in [2.05, 4.69) is 15.0 Å². The molecule has 0 spiro atoms. The van der Waals surface area contributed by atoms with Crippen molar-refractivity contribution < 1.29 is 9.53 Å². The van der Waals surface area contributed by atoms with Crippen molar-refractivity contribution >= 4 is 6.08 Å². The van der Waals surface area contributed by atoms with Crippen LogP contribution in [0.4, 0.5) is 0 Å². The van der Waals surface area contributed by atoms with E-state index in [0.717, 1.165) is 0 Å². The van der Waals surface area contributed by atoms with Crippen molar-refractivity contribution in [1.82, 2.24) is 5.32 Å². The molecule has 0 aromatic carbocycles. The van der Waals surface area contributed by atoms with Gasteiger partial charge in [0.2, 0.25) is 6.08 Å². The first-order valence-corrected chi connectivity index (χ1v) is 2.43. The first-order chi connectivity index (χ1) is 4.33. The number of ether oxygens (including phenoxy) is 1. The van der Waals surface area contributed by atoms with Crippen LogP contribution >= 0.6 is 0 Å². The van der Waals surface area contributed by atoms with Gasteiger partial charge < -0.3 is 4.74 Å². The molecule has 0 atom stereocenters. The van der Waals surface area contributed by atoms with Crippen LogP contribution in [0, 0.1) is 0 Å². The molecule has 0 amide bonds. The number of nitrogens with one attached hydrogen (secondary N) is 1. The van der Waals surface area contributed by atoms with Gasteiger partial charge in [-0.3, -0.25) is 5.32 Å². The Hall–Kier alpha value is -0.700. The molecule has 1 N–H and O–H groups in total. The van der Waals surface area contributed by atoms with Gasteiger partial charge >= 0.3 is 0 Å². The first-order valence-electron chi connectivity index (χ1n) is 2.43. The third-order valence-electron chi connectivity index (χ3n) is 0.380. The molecule has 0 bridgehead atoms. The second-order valence-electron chi connectivity index (χ2n) is 1.10. The lowest BCUT2D eigenvalue weighted by Crippen LogP contribution is -2.08. The van der Waals surface area contributed by atoms with Crippen LogP contribution in [0.15, 0.2) is 4.99 Å². The molecule has 54 valence electrons. The van der Waals surface area contributed by atoms with E-state index >= 15 is 0 Å². The fourth-order valence-electron chi connectivity index (χ4n) is 0.144. The van der Waals surface area contributed by atoms with E-state index in [4.69, 9.17) is 4.79 Å². The lowest BCUT2D eigenvalue weighted by molar-refractivity contribution is 0.183. The molecule has 0 aliphatic rings. The zero-order chi connectivity index (χ0) is 7.54. The normalized spacial score (nSPS) is 6.56. The van der Waals surface area contributed by atoms with E-state index in [1.807, 2.05) is 7.05 Å². The third kappa shape index (κ3) is 38.8. The number of nitrogens with zero attached hydrogens (tertiary/aromatic N) is 1. The fraction of sp³-hybridized carbons (Fsp3) is 0.800. The number of carbonyl (C=O) groups excluding carboxylic acids is 1. The van der Waals surface area contributed by atoms with Gasteiger partial charge in [0.1, 0.15) is 0 Å². The molecule has 0 saturated carbocycles. The van der Waals surface area contributed by atoms with Crippen molar-refractivity contribution in [3.63, 3.8) is 0 Å². The highest BCUT2D eigenvalue weighted by Gasteiger charge is 1.61. The monoisotopic (exact) mass is 132 g/mol. The molecule has 9 heavy (non-hydrogen) atoms. The summed E-state index contributed by atoms with van der Waals surface area (Å²) in [4.78, 5) is 11.8. The molecule has 0 unspecified atom stereocenters. The molecule has 0 aromatic rings. The summed E-state index contributed by atoms with van der Waals surface area (Å²) >= 11 is 0. The van der Waals surface area contributed by atoms with E-state index in [-0.39, 0.29) is 0 Å². The quantitative estimate of drug-likeness (QED) is 0.320. The highest BCUT2D eigenvalue weighted by molar-refractivity contribution is 5.32. The molecule has 0 heterocycles. The summed E-state index contributed by atoms with van der Waals surface area (Å²) in [5.41, 5.74) is 0. The second-order valence-corrected chi connectivity index (χ2v) is 1.10. The Morgan fingerprint density at radius 2 is 2.22 bits per heavy atom. The van der Waals surface area contributed by atoms with Gasteiger partial charge in [0.15, 0.2) is 0 Å². The Bertz CT molecular complexity index is 77.0. The molecule has 0 fully saturated rings. The average Bonchev–Trinajstić information content (AvgIpc) is 1.91. The Morgan fingerprint density at radius 3 is 2.22 bits per heavy atom. The van der Waals surface area contributed by atoms with Crippen LogP contribution in [0.5, 0.6) is 0 Å². The van der Waals surface area contributed by atoms with Crippen LogP contribution in [-0.4, -0.2) is 34.0 Å². The molecular weight excluding hydrogens is 120 g/mol. The van der Waals surface area contributed by atoms with Crippen molar-refractivity contribution in [3.8, 4) is 0 Å². The van der Waals surface area contributed by atoms with E-state index in [1.54, 1.807) is 7.11 Å². The third-order valence-corrected chi connectivity index (χ3v) is 0.380. The number of isocyanates is 1. The van der Waals surface area contributed by atoms with Gasteiger partial charge in [0.25, 0.3) is 0 Å². The number of hydrogen-bond acceptors (Lipinski definition) is 4. The summed E-state index contributed by atoms with van der Waals surface area (Å²) in [7, 11) is 4.87. The predicted molar refractivity (Wildman–Crippen MR) is 35.0 cm³/mol. The Kier molecular flexibility index (Phi) is 19.4. The summed E-state index contributed by atoms with van der Waals surface area (Å²) in [5.74, 6) is 0. The van der Waals surface area contributed by atoms with Crippen molar-refractivity contribution in [3.05, 3.63) is 0 Å². The van der Waals surface area contributed by atoms with Gasteiger partial charge in [-0.2, -0.15) is 0 Å². The first kappa shape index (κ1) is 11.1. The molecule has 4 heteroatoms. The smallest absolute Gasteiger partial charge is 0.234 e. The maximum absolute atomic E-state index is 8.88. The number of methoxy groups -OCH3 is 1. The summed E-state index contributed by atoms with van der Waals surface area (Å²) in [6, 6.07) is 0. The summed E-state index contributed by atoms with van der Waals surface area (Å²) in [6.07, 6.45) is 1.31. The molecule has 4 nitrogen and oxygen atoms in total. The number of hydrogen-bond donors (Lipinski definition) is 1. The van der Waals surface area contributed by atoms with Gasteiger partial charge in [-0.25, -0.2) is 9.79 Å². The highest BCUT2D eigenvalue weighted by atomic mass is 16.5. The lowest BCUT2D eigenvalue weighted by Gasteiger charge is -1.88. The largest absolute Gasteiger partial charge is 0.370 e. The Morgan fingerprint density at radius 1 is 1.78 bits per heavy atom. The van der Waals surface area contributed by atoms with E-state index < -0.39 is 0 Å².